The van der Waals surface area contributed by atoms with Gasteiger partial charge in [-0.2, -0.15) is 16.6 Å². The van der Waals surface area contributed by atoms with E-state index in [0.29, 0.717) is 0 Å². The molecule has 1 heterocycles. The summed E-state index contributed by atoms with van der Waals surface area (Å²) in [6, 6.07) is 8.52. The maximum Gasteiger partial charge on any atom is 0.143 e. The van der Waals surface area contributed by atoms with Gasteiger partial charge in [0.15, 0.2) is 0 Å². The number of hydrogen-bond donors (Lipinski definition) is 0. The molecule has 2 nitrogen and oxygen atoms in total. The normalized spacial score (nSPS) is 9.94. The second kappa shape index (κ2) is 4.98. The van der Waals surface area contributed by atoms with Crippen molar-refractivity contribution < 1.29 is 4.39 Å². The third-order valence-corrected chi connectivity index (χ3v) is 3.25. The van der Waals surface area contributed by atoms with E-state index in [0.717, 1.165) is 12.2 Å². The lowest BCUT2D eigenvalue weighted by Crippen LogP contribution is -2.16. The Balaban J connectivity index is 2.17. The predicted molar refractivity (Wildman–Crippen MR) is 67.5 cm³/mol. The van der Waals surface area contributed by atoms with Crippen molar-refractivity contribution in [1.82, 2.24) is 0 Å². The molecule has 0 amide bonds. The molecule has 4 heteroatoms. The van der Waals surface area contributed by atoms with E-state index in [1.54, 1.807) is 17.4 Å². The molecule has 17 heavy (non-hydrogen) atoms. The number of rotatable bonds is 3. The van der Waals surface area contributed by atoms with Crippen LogP contribution in [0.4, 0.5) is 10.1 Å². The van der Waals surface area contributed by atoms with Crippen LogP contribution in [0.15, 0.2) is 35.0 Å². The highest BCUT2D eigenvalue weighted by Gasteiger charge is 2.07. The molecule has 1 aromatic heterocycles. The van der Waals surface area contributed by atoms with E-state index in [1.807, 2.05) is 29.5 Å². The van der Waals surface area contributed by atoms with Crippen LogP contribution >= 0.6 is 11.3 Å². The van der Waals surface area contributed by atoms with Crippen LogP contribution < -0.4 is 4.90 Å². The summed E-state index contributed by atoms with van der Waals surface area (Å²) in [5.74, 6) is -0.470. The lowest BCUT2D eigenvalue weighted by molar-refractivity contribution is 0.623. The number of benzene rings is 1. The minimum atomic E-state index is -0.470. The Morgan fingerprint density at radius 1 is 1.41 bits per heavy atom. The van der Waals surface area contributed by atoms with Crippen LogP contribution in [0.1, 0.15) is 11.1 Å². The first kappa shape index (κ1) is 11.6. The van der Waals surface area contributed by atoms with E-state index in [-0.39, 0.29) is 5.56 Å². The molecule has 0 atom stereocenters. The van der Waals surface area contributed by atoms with Gasteiger partial charge in [0.05, 0.1) is 5.56 Å². The van der Waals surface area contributed by atoms with Crippen LogP contribution in [0.3, 0.4) is 0 Å². The first-order chi connectivity index (χ1) is 8.20. The average Bonchev–Trinajstić information content (AvgIpc) is 2.81. The topological polar surface area (TPSA) is 27.0 Å². The van der Waals surface area contributed by atoms with E-state index in [9.17, 15) is 4.39 Å². The third kappa shape index (κ3) is 2.63. The van der Waals surface area contributed by atoms with Crippen LogP contribution in [0.25, 0.3) is 0 Å². The highest BCUT2D eigenvalue weighted by Crippen LogP contribution is 2.19. The molecule has 0 aliphatic carbocycles. The number of nitrogens with zero attached hydrogens (tertiary/aromatic N) is 2. The lowest BCUT2D eigenvalue weighted by atomic mass is 10.2. The fourth-order valence-corrected chi connectivity index (χ4v) is 2.24. The molecule has 2 aromatic rings. The van der Waals surface area contributed by atoms with Crippen molar-refractivity contribution in [3.8, 4) is 6.07 Å². The van der Waals surface area contributed by atoms with Crippen LogP contribution in [0.2, 0.25) is 0 Å². The Hall–Kier alpha value is -1.86. The minimum Gasteiger partial charge on any atom is -0.370 e. The fraction of sp³-hybridized carbons (Fsp3) is 0.154. The Morgan fingerprint density at radius 2 is 2.24 bits per heavy atom. The van der Waals surface area contributed by atoms with Crippen molar-refractivity contribution in [1.29, 1.82) is 5.26 Å². The van der Waals surface area contributed by atoms with Gasteiger partial charge in [-0.1, -0.05) is 0 Å². The minimum absolute atomic E-state index is 0.0812. The summed E-state index contributed by atoms with van der Waals surface area (Å²) in [4.78, 5) is 1.95. The van der Waals surface area contributed by atoms with Gasteiger partial charge in [-0.05, 0) is 40.6 Å². The molecule has 86 valence electrons. The molecular formula is C13H11FN2S. The van der Waals surface area contributed by atoms with Crippen LogP contribution in [0, 0.1) is 17.1 Å². The molecule has 0 radical (unpaired) electrons. The van der Waals surface area contributed by atoms with Gasteiger partial charge in [-0.25, -0.2) is 4.39 Å². The van der Waals surface area contributed by atoms with Crippen LogP contribution in [-0.4, -0.2) is 7.05 Å². The first-order valence-electron chi connectivity index (χ1n) is 5.12. The highest BCUT2D eigenvalue weighted by molar-refractivity contribution is 7.07. The van der Waals surface area contributed by atoms with Gasteiger partial charge >= 0.3 is 0 Å². The molecule has 0 aliphatic rings. The smallest absolute Gasteiger partial charge is 0.143 e. The molecule has 0 bridgehead atoms. The van der Waals surface area contributed by atoms with Crippen LogP contribution in [-0.2, 0) is 6.54 Å². The molecule has 0 saturated carbocycles. The van der Waals surface area contributed by atoms with Gasteiger partial charge in [0.1, 0.15) is 11.9 Å². The van der Waals surface area contributed by atoms with E-state index >= 15 is 0 Å². The second-order valence-electron chi connectivity index (χ2n) is 3.76. The monoisotopic (exact) mass is 246 g/mol. The van der Waals surface area contributed by atoms with Crippen LogP contribution in [0.5, 0.6) is 0 Å². The van der Waals surface area contributed by atoms with Gasteiger partial charge in [-0.15, -0.1) is 0 Å². The van der Waals surface area contributed by atoms with Gasteiger partial charge in [0, 0.05) is 19.3 Å². The number of anilines is 1. The molecule has 0 unspecified atom stereocenters. The maximum atomic E-state index is 13.4. The zero-order valence-corrected chi connectivity index (χ0v) is 10.2. The Bertz CT molecular complexity index is 543. The van der Waals surface area contributed by atoms with Crippen molar-refractivity contribution >= 4 is 17.0 Å². The van der Waals surface area contributed by atoms with Crippen molar-refractivity contribution in [3.63, 3.8) is 0 Å². The Labute approximate surface area is 104 Å². The number of nitriles is 1. The zero-order valence-electron chi connectivity index (χ0n) is 9.35. The Morgan fingerprint density at radius 3 is 2.82 bits per heavy atom. The molecule has 0 spiro atoms. The molecule has 0 aliphatic heterocycles. The number of thiophene rings is 1. The average molecular weight is 246 g/mol. The molecule has 0 fully saturated rings. The van der Waals surface area contributed by atoms with E-state index in [1.165, 1.54) is 17.7 Å². The third-order valence-electron chi connectivity index (χ3n) is 2.51. The van der Waals surface area contributed by atoms with E-state index < -0.39 is 5.82 Å². The summed E-state index contributed by atoms with van der Waals surface area (Å²) >= 11 is 1.64. The fourth-order valence-electron chi connectivity index (χ4n) is 1.58. The molecule has 0 saturated heterocycles. The molecule has 0 N–H and O–H groups in total. The molecule has 2 rings (SSSR count). The van der Waals surface area contributed by atoms with Crippen molar-refractivity contribution in [2.75, 3.05) is 11.9 Å². The summed E-state index contributed by atoms with van der Waals surface area (Å²) in [5, 5.41) is 12.7. The summed E-state index contributed by atoms with van der Waals surface area (Å²) < 4.78 is 13.4. The lowest BCUT2D eigenvalue weighted by Gasteiger charge is -2.18. The summed E-state index contributed by atoms with van der Waals surface area (Å²) in [5.41, 5.74) is 2.05. The van der Waals surface area contributed by atoms with Crippen molar-refractivity contribution in [3.05, 3.63) is 52.0 Å². The van der Waals surface area contributed by atoms with Crippen molar-refractivity contribution in [2.45, 2.75) is 6.54 Å². The summed E-state index contributed by atoms with van der Waals surface area (Å²) in [6.45, 7) is 0.731. The van der Waals surface area contributed by atoms with Gasteiger partial charge in [0.25, 0.3) is 0 Å². The van der Waals surface area contributed by atoms with Gasteiger partial charge in [0.2, 0.25) is 0 Å². The van der Waals surface area contributed by atoms with Crippen molar-refractivity contribution in [2.24, 2.45) is 0 Å². The Kier molecular flexibility index (Phi) is 3.40. The molecule has 1 aromatic carbocycles. The maximum absolute atomic E-state index is 13.4. The van der Waals surface area contributed by atoms with E-state index in [2.05, 4.69) is 5.38 Å². The SMILES string of the molecule is CN(Cc1ccsc1)c1ccc(C#N)c(F)c1. The number of halogens is 1. The predicted octanol–water partition coefficient (Wildman–Crippen LogP) is 3.40. The highest BCUT2D eigenvalue weighted by atomic mass is 32.1. The standard InChI is InChI=1S/C13H11FN2S/c1-16(8-10-4-5-17-9-10)12-3-2-11(7-15)13(14)6-12/h2-6,9H,8H2,1H3. The number of hydrogen-bond acceptors (Lipinski definition) is 3. The van der Waals surface area contributed by atoms with Gasteiger partial charge in [-0.3, -0.25) is 0 Å². The summed E-state index contributed by atoms with van der Waals surface area (Å²) in [7, 11) is 1.90. The summed E-state index contributed by atoms with van der Waals surface area (Å²) in [6.07, 6.45) is 0. The zero-order chi connectivity index (χ0) is 12.3. The largest absolute Gasteiger partial charge is 0.370 e. The first-order valence-corrected chi connectivity index (χ1v) is 6.07. The van der Waals surface area contributed by atoms with E-state index in [4.69, 9.17) is 5.26 Å². The second-order valence-corrected chi connectivity index (χ2v) is 4.54. The van der Waals surface area contributed by atoms with Gasteiger partial charge < -0.3 is 4.90 Å². The molecular weight excluding hydrogens is 235 g/mol. The quantitative estimate of drug-likeness (QED) is 0.830.